The maximum Gasteiger partial charge on any atom is 0.253 e. The number of methoxy groups -OCH3 is 1. The minimum atomic E-state index is 0.0171. The van der Waals surface area contributed by atoms with Crippen LogP contribution < -0.4 is 5.32 Å². The number of benzene rings is 1. The summed E-state index contributed by atoms with van der Waals surface area (Å²) in [6.45, 7) is 1.43. The van der Waals surface area contributed by atoms with Crippen LogP contribution in [0.4, 0.5) is 5.69 Å². The SMILES string of the molecule is COCCNc1ccc(C(=O)N(C)C)cc1. The average Bonchev–Trinajstić information content (AvgIpc) is 2.29. The van der Waals surface area contributed by atoms with E-state index in [-0.39, 0.29) is 5.91 Å². The monoisotopic (exact) mass is 222 g/mol. The lowest BCUT2D eigenvalue weighted by atomic mass is 10.2. The van der Waals surface area contributed by atoms with Crippen molar-refractivity contribution in [2.75, 3.05) is 39.7 Å². The van der Waals surface area contributed by atoms with Crippen LogP contribution in [0.3, 0.4) is 0 Å². The predicted molar refractivity (Wildman–Crippen MR) is 64.8 cm³/mol. The lowest BCUT2D eigenvalue weighted by Gasteiger charge is -2.11. The number of anilines is 1. The molecule has 0 unspecified atom stereocenters. The van der Waals surface area contributed by atoms with Gasteiger partial charge in [-0.2, -0.15) is 0 Å². The van der Waals surface area contributed by atoms with E-state index in [1.54, 1.807) is 26.1 Å². The Morgan fingerprint density at radius 1 is 1.31 bits per heavy atom. The maximum atomic E-state index is 11.6. The topological polar surface area (TPSA) is 41.6 Å². The molecule has 88 valence electrons. The summed E-state index contributed by atoms with van der Waals surface area (Å²) in [5.74, 6) is 0.0171. The fourth-order valence-electron chi connectivity index (χ4n) is 1.29. The fraction of sp³-hybridized carbons (Fsp3) is 0.417. The molecule has 1 rings (SSSR count). The van der Waals surface area contributed by atoms with Crippen LogP contribution >= 0.6 is 0 Å². The van der Waals surface area contributed by atoms with Crippen LogP contribution in [0.5, 0.6) is 0 Å². The van der Waals surface area contributed by atoms with E-state index < -0.39 is 0 Å². The Balaban J connectivity index is 2.57. The van der Waals surface area contributed by atoms with Crippen molar-refractivity contribution in [1.82, 2.24) is 4.90 Å². The van der Waals surface area contributed by atoms with Crippen LogP contribution in [-0.2, 0) is 4.74 Å². The summed E-state index contributed by atoms with van der Waals surface area (Å²) in [7, 11) is 5.15. The van der Waals surface area contributed by atoms with Crippen molar-refractivity contribution in [3.05, 3.63) is 29.8 Å². The molecule has 1 amide bonds. The molecule has 0 spiro atoms. The number of amides is 1. The molecule has 1 aromatic rings. The number of rotatable bonds is 5. The van der Waals surface area contributed by atoms with Gasteiger partial charge in [0, 0.05) is 39.0 Å². The molecular weight excluding hydrogens is 204 g/mol. The van der Waals surface area contributed by atoms with Crippen molar-refractivity contribution in [2.45, 2.75) is 0 Å². The van der Waals surface area contributed by atoms with E-state index >= 15 is 0 Å². The second-order valence-corrected chi connectivity index (χ2v) is 3.70. The summed E-state index contributed by atoms with van der Waals surface area (Å²) in [5, 5.41) is 3.19. The van der Waals surface area contributed by atoms with Crippen LogP contribution in [0, 0.1) is 0 Å². The summed E-state index contributed by atoms with van der Waals surface area (Å²) in [5.41, 5.74) is 1.69. The number of nitrogens with zero attached hydrogens (tertiary/aromatic N) is 1. The van der Waals surface area contributed by atoms with Gasteiger partial charge in [0.15, 0.2) is 0 Å². The third-order valence-corrected chi connectivity index (χ3v) is 2.17. The van der Waals surface area contributed by atoms with E-state index in [0.717, 1.165) is 12.2 Å². The molecule has 0 atom stereocenters. The van der Waals surface area contributed by atoms with Gasteiger partial charge in [-0.3, -0.25) is 4.79 Å². The highest BCUT2D eigenvalue weighted by Crippen LogP contribution is 2.10. The van der Waals surface area contributed by atoms with Crippen molar-refractivity contribution >= 4 is 11.6 Å². The first-order valence-corrected chi connectivity index (χ1v) is 5.19. The standard InChI is InChI=1S/C12H18N2O2/c1-14(2)12(15)10-4-6-11(7-5-10)13-8-9-16-3/h4-7,13H,8-9H2,1-3H3. The highest BCUT2D eigenvalue weighted by molar-refractivity contribution is 5.94. The lowest BCUT2D eigenvalue weighted by Crippen LogP contribution is -2.21. The number of hydrogen-bond acceptors (Lipinski definition) is 3. The van der Waals surface area contributed by atoms with Gasteiger partial charge < -0.3 is 15.0 Å². The number of ether oxygens (including phenoxy) is 1. The van der Waals surface area contributed by atoms with E-state index in [4.69, 9.17) is 4.74 Å². The number of hydrogen-bond donors (Lipinski definition) is 1. The molecule has 4 heteroatoms. The van der Waals surface area contributed by atoms with Gasteiger partial charge in [-0.05, 0) is 24.3 Å². The van der Waals surface area contributed by atoms with Gasteiger partial charge in [-0.25, -0.2) is 0 Å². The molecular formula is C12H18N2O2. The van der Waals surface area contributed by atoms with Crippen molar-refractivity contribution in [3.63, 3.8) is 0 Å². The summed E-state index contributed by atoms with van der Waals surface area (Å²) >= 11 is 0. The molecule has 0 aliphatic rings. The Labute approximate surface area is 96.2 Å². The largest absolute Gasteiger partial charge is 0.383 e. The van der Waals surface area contributed by atoms with Gasteiger partial charge in [0.2, 0.25) is 0 Å². The van der Waals surface area contributed by atoms with Gasteiger partial charge in [0.25, 0.3) is 5.91 Å². The molecule has 4 nitrogen and oxygen atoms in total. The minimum absolute atomic E-state index is 0.0171. The zero-order chi connectivity index (χ0) is 12.0. The highest BCUT2D eigenvalue weighted by atomic mass is 16.5. The minimum Gasteiger partial charge on any atom is -0.383 e. The summed E-state index contributed by atoms with van der Waals surface area (Å²) in [6.07, 6.45) is 0. The molecule has 0 aliphatic carbocycles. The molecule has 0 saturated heterocycles. The smallest absolute Gasteiger partial charge is 0.253 e. The molecule has 1 aromatic carbocycles. The molecule has 0 heterocycles. The molecule has 1 N–H and O–H groups in total. The molecule has 0 aromatic heterocycles. The third kappa shape index (κ3) is 3.55. The quantitative estimate of drug-likeness (QED) is 0.767. The van der Waals surface area contributed by atoms with Crippen LogP contribution in [0.25, 0.3) is 0 Å². The van der Waals surface area contributed by atoms with Gasteiger partial charge in [-0.1, -0.05) is 0 Å². The van der Waals surface area contributed by atoms with Crippen LogP contribution in [-0.4, -0.2) is 45.2 Å². The lowest BCUT2D eigenvalue weighted by molar-refractivity contribution is 0.0827. The van der Waals surface area contributed by atoms with E-state index in [1.165, 1.54) is 0 Å². The van der Waals surface area contributed by atoms with Crippen LogP contribution in [0.1, 0.15) is 10.4 Å². The van der Waals surface area contributed by atoms with E-state index in [2.05, 4.69) is 5.32 Å². The second kappa shape index (κ2) is 6.12. The van der Waals surface area contributed by atoms with E-state index in [1.807, 2.05) is 24.3 Å². The summed E-state index contributed by atoms with van der Waals surface area (Å²) in [4.78, 5) is 13.2. The van der Waals surface area contributed by atoms with E-state index in [9.17, 15) is 4.79 Å². The van der Waals surface area contributed by atoms with Crippen molar-refractivity contribution in [2.24, 2.45) is 0 Å². The van der Waals surface area contributed by atoms with Crippen molar-refractivity contribution in [3.8, 4) is 0 Å². The Hall–Kier alpha value is -1.55. The van der Waals surface area contributed by atoms with Gasteiger partial charge >= 0.3 is 0 Å². The maximum absolute atomic E-state index is 11.6. The fourth-order valence-corrected chi connectivity index (χ4v) is 1.29. The first kappa shape index (κ1) is 12.5. The predicted octanol–water partition coefficient (Wildman–Crippen LogP) is 1.45. The van der Waals surface area contributed by atoms with Crippen molar-refractivity contribution < 1.29 is 9.53 Å². The molecule has 0 radical (unpaired) electrons. The molecule has 0 bridgehead atoms. The molecule has 0 aliphatic heterocycles. The normalized spacial score (nSPS) is 9.94. The second-order valence-electron chi connectivity index (χ2n) is 3.70. The van der Waals surface area contributed by atoms with Crippen molar-refractivity contribution in [1.29, 1.82) is 0 Å². The van der Waals surface area contributed by atoms with Gasteiger partial charge in [0.05, 0.1) is 6.61 Å². The summed E-state index contributed by atoms with van der Waals surface area (Å²) in [6, 6.07) is 7.42. The van der Waals surface area contributed by atoms with E-state index in [0.29, 0.717) is 12.2 Å². The number of carbonyl (C=O) groups is 1. The van der Waals surface area contributed by atoms with Gasteiger partial charge in [0.1, 0.15) is 0 Å². The van der Waals surface area contributed by atoms with Gasteiger partial charge in [-0.15, -0.1) is 0 Å². The molecule has 16 heavy (non-hydrogen) atoms. The first-order valence-electron chi connectivity index (χ1n) is 5.19. The van der Waals surface area contributed by atoms with Crippen LogP contribution in [0.15, 0.2) is 24.3 Å². The third-order valence-electron chi connectivity index (χ3n) is 2.17. The Bertz CT molecular complexity index is 333. The zero-order valence-corrected chi connectivity index (χ0v) is 9.99. The number of carbonyl (C=O) groups excluding carboxylic acids is 1. The Morgan fingerprint density at radius 2 is 1.94 bits per heavy atom. The summed E-state index contributed by atoms with van der Waals surface area (Å²) < 4.78 is 4.93. The molecule has 0 fully saturated rings. The number of nitrogens with one attached hydrogen (secondary N) is 1. The van der Waals surface area contributed by atoms with Crippen LogP contribution in [0.2, 0.25) is 0 Å². The zero-order valence-electron chi connectivity index (χ0n) is 9.99. The average molecular weight is 222 g/mol. The Kier molecular flexibility index (Phi) is 4.79. The highest BCUT2D eigenvalue weighted by Gasteiger charge is 2.06. The molecule has 0 saturated carbocycles. The first-order chi connectivity index (χ1) is 7.65. The Morgan fingerprint density at radius 3 is 2.44 bits per heavy atom.